The van der Waals surface area contributed by atoms with Crippen LogP contribution < -0.4 is 14.8 Å². The number of hydrogen-bond donors (Lipinski definition) is 1. The summed E-state index contributed by atoms with van der Waals surface area (Å²) in [6.45, 7) is 4.17. The van der Waals surface area contributed by atoms with Crippen molar-refractivity contribution in [3.63, 3.8) is 0 Å². The fourth-order valence-corrected chi connectivity index (χ4v) is 1.94. The molecule has 0 aliphatic heterocycles. The van der Waals surface area contributed by atoms with Gasteiger partial charge in [-0.25, -0.2) is 0 Å². The van der Waals surface area contributed by atoms with Crippen LogP contribution in [0.5, 0.6) is 11.5 Å². The molecule has 0 aromatic heterocycles. The van der Waals surface area contributed by atoms with Gasteiger partial charge in [0.1, 0.15) is 11.5 Å². The van der Waals surface area contributed by atoms with Crippen LogP contribution in [0.15, 0.2) is 12.1 Å². The Morgan fingerprint density at radius 1 is 1.13 bits per heavy atom. The van der Waals surface area contributed by atoms with Gasteiger partial charge >= 0.3 is 0 Å². The highest BCUT2D eigenvalue weighted by Gasteiger charge is 2.09. The summed E-state index contributed by atoms with van der Waals surface area (Å²) in [6, 6.07) is 4.29. The summed E-state index contributed by atoms with van der Waals surface area (Å²) in [4.78, 5) is 0. The molecular weight excluding hydrogens is 305 g/mol. The minimum atomic E-state index is 0.365. The molecule has 1 rings (SSSR count). The zero-order chi connectivity index (χ0) is 11.4. The van der Waals surface area contributed by atoms with Crippen LogP contribution in [0, 0.1) is 3.57 Å². The van der Waals surface area contributed by atoms with E-state index in [0.717, 1.165) is 20.8 Å². The topological polar surface area (TPSA) is 30.5 Å². The summed E-state index contributed by atoms with van der Waals surface area (Å²) in [5, 5.41) is 3.32. The van der Waals surface area contributed by atoms with Crippen LogP contribution in [-0.2, 0) is 0 Å². The Morgan fingerprint density at radius 2 is 1.73 bits per heavy atom. The van der Waals surface area contributed by atoms with E-state index in [9.17, 15) is 0 Å². The number of rotatable bonds is 4. The number of anilines is 1. The maximum absolute atomic E-state index is 5.30. The minimum Gasteiger partial charge on any atom is -0.496 e. The third kappa shape index (κ3) is 3.15. The van der Waals surface area contributed by atoms with Crippen LogP contribution in [0.3, 0.4) is 0 Å². The van der Waals surface area contributed by atoms with E-state index >= 15 is 0 Å². The highest BCUT2D eigenvalue weighted by molar-refractivity contribution is 14.1. The van der Waals surface area contributed by atoms with Gasteiger partial charge in [0.2, 0.25) is 0 Å². The molecule has 3 nitrogen and oxygen atoms in total. The summed E-state index contributed by atoms with van der Waals surface area (Å²) < 4.78 is 11.6. The molecule has 0 amide bonds. The Labute approximate surface area is 104 Å². The van der Waals surface area contributed by atoms with Gasteiger partial charge in [-0.2, -0.15) is 0 Å². The van der Waals surface area contributed by atoms with Crippen LogP contribution in [0.2, 0.25) is 0 Å². The number of nitrogens with one attached hydrogen (secondary N) is 1. The monoisotopic (exact) mass is 321 g/mol. The molecule has 0 heterocycles. The molecular formula is C11H16INO2. The van der Waals surface area contributed by atoms with Gasteiger partial charge in [-0.3, -0.25) is 0 Å². The van der Waals surface area contributed by atoms with Crippen molar-refractivity contribution in [3.05, 3.63) is 15.7 Å². The van der Waals surface area contributed by atoms with E-state index in [-0.39, 0.29) is 0 Å². The molecule has 0 saturated carbocycles. The average Bonchev–Trinajstić information content (AvgIpc) is 2.19. The first-order valence-electron chi connectivity index (χ1n) is 4.76. The summed E-state index contributed by atoms with van der Waals surface area (Å²) >= 11 is 2.23. The van der Waals surface area contributed by atoms with Gasteiger partial charge in [-0.15, -0.1) is 0 Å². The standard InChI is InChI=1S/C11H16INO2/c1-7(2)13-9-6-10(14-3)8(12)5-11(9)15-4/h5-7,13H,1-4H3. The lowest BCUT2D eigenvalue weighted by Crippen LogP contribution is -2.11. The number of ether oxygens (including phenoxy) is 2. The Bertz CT molecular complexity index is 340. The van der Waals surface area contributed by atoms with E-state index in [1.165, 1.54) is 0 Å². The van der Waals surface area contributed by atoms with Gasteiger partial charge in [0, 0.05) is 12.1 Å². The smallest absolute Gasteiger partial charge is 0.143 e. The van der Waals surface area contributed by atoms with Gasteiger partial charge in [0.25, 0.3) is 0 Å². The molecule has 0 spiro atoms. The molecule has 0 fully saturated rings. The van der Waals surface area contributed by atoms with Crippen molar-refractivity contribution in [1.29, 1.82) is 0 Å². The van der Waals surface area contributed by atoms with Crippen molar-refractivity contribution in [2.75, 3.05) is 19.5 Å². The van der Waals surface area contributed by atoms with E-state index in [4.69, 9.17) is 9.47 Å². The first-order chi connectivity index (χ1) is 7.08. The zero-order valence-corrected chi connectivity index (χ0v) is 11.6. The van der Waals surface area contributed by atoms with Crippen molar-refractivity contribution in [3.8, 4) is 11.5 Å². The lowest BCUT2D eigenvalue weighted by molar-refractivity contribution is 0.401. The first kappa shape index (κ1) is 12.4. The predicted octanol–water partition coefficient (Wildman–Crippen LogP) is 3.13. The molecule has 1 aromatic rings. The van der Waals surface area contributed by atoms with E-state index in [2.05, 4.69) is 41.8 Å². The van der Waals surface area contributed by atoms with Crippen molar-refractivity contribution in [1.82, 2.24) is 0 Å². The predicted molar refractivity (Wildman–Crippen MR) is 71.0 cm³/mol. The molecule has 84 valence electrons. The average molecular weight is 321 g/mol. The number of methoxy groups -OCH3 is 2. The highest BCUT2D eigenvalue weighted by atomic mass is 127. The molecule has 4 heteroatoms. The first-order valence-corrected chi connectivity index (χ1v) is 5.84. The van der Waals surface area contributed by atoms with Gasteiger partial charge in [-0.1, -0.05) is 0 Å². The van der Waals surface area contributed by atoms with Crippen LogP contribution >= 0.6 is 22.6 Å². The second-order valence-corrected chi connectivity index (χ2v) is 4.65. The maximum atomic E-state index is 5.30. The number of halogens is 1. The van der Waals surface area contributed by atoms with Gasteiger partial charge in [0.05, 0.1) is 23.5 Å². The molecule has 1 aromatic carbocycles. The van der Waals surface area contributed by atoms with Gasteiger partial charge in [0.15, 0.2) is 0 Å². The molecule has 0 bridgehead atoms. The van der Waals surface area contributed by atoms with Crippen LogP contribution in [0.25, 0.3) is 0 Å². The molecule has 0 atom stereocenters. The van der Waals surface area contributed by atoms with Gasteiger partial charge < -0.3 is 14.8 Å². The van der Waals surface area contributed by atoms with E-state index < -0.39 is 0 Å². The summed E-state index contributed by atoms with van der Waals surface area (Å²) in [7, 11) is 3.34. The molecule has 15 heavy (non-hydrogen) atoms. The minimum absolute atomic E-state index is 0.365. The normalized spacial score (nSPS) is 10.3. The quantitative estimate of drug-likeness (QED) is 0.865. The largest absolute Gasteiger partial charge is 0.496 e. The number of benzene rings is 1. The fourth-order valence-electron chi connectivity index (χ4n) is 1.28. The van der Waals surface area contributed by atoms with Crippen LogP contribution in [0.1, 0.15) is 13.8 Å². The lowest BCUT2D eigenvalue weighted by Gasteiger charge is -2.16. The zero-order valence-electron chi connectivity index (χ0n) is 9.43. The molecule has 0 unspecified atom stereocenters. The third-order valence-corrected chi connectivity index (χ3v) is 2.76. The van der Waals surface area contributed by atoms with Crippen molar-refractivity contribution in [2.45, 2.75) is 19.9 Å². The van der Waals surface area contributed by atoms with E-state index in [0.29, 0.717) is 6.04 Å². The summed E-state index contributed by atoms with van der Waals surface area (Å²) in [5.41, 5.74) is 0.963. The molecule has 0 aliphatic rings. The molecule has 0 radical (unpaired) electrons. The summed E-state index contributed by atoms with van der Waals surface area (Å²) in [6.07, 6.45) is 0. The Morgan fingerprint density at radius 3 is 2.20 bits per heavy atom. The summed E-state index contributed by atoms with van der Waals surface area (Å²) in [5.74, 6) is 1.70. The SMILES string of the molecule is COc1cc(NC(C)C)c(OC)cc1I. The van der Waals surface area contributed by atoms with E-state index in [1.807, 2.05) is 12.1 Å². The highest BCUT2D eigenvalue weighted by Crippen LogP contribution is 2.33. The maximum Gasteiger partial charge on any atom is 0.143 e. The third-order valence-electron chi connectivity index (χ3n) is 1.92. The lowest BCUT2D eigenvalue weighted by atomic mass is 10.2. The van der Waals surface area contributed by atoms with Crippen LogP contribution in [-0.4, -0.2) is 20.3 Å². The van der Waals surface area contributed by atoms with Crippen molar-refractivity contribution >= 4 is 28.3 Å². The second-order valence-electron chi connectivity index (χ2n) is 3.49. The molecule has 0 saturated heterocycles. The Hall–Kier alpha value is -0.650. The van der Waals surface area contributed by atoms with Crippen molar-refractivity contribution < 1.29 is 9.47 Å². The Kier molecular flexibility index (Phi) is 4.50. The van der Waals surface area contributed by atoms with Crippen LogP contribution in [0.4, 0.5) is 5.69 Å². The molecule has 0 aliphatic carbocycles. The Balaban J connectivity index is 3.10. The van der Waals surface area contributed by atoms with Gasteiger partial charge in [-0.05, 0) is 42.5 Å². The van der Waals surface area contributed by atoms with E-state index in [1.54, 1.807) is 14.2 Å². The number of hydrogen-bond acceptors (Lipinski definition) is 3. The van der Waals surface area contributed by atoms with Crippen molar-refractivity contribution in [2.24, 2.45) is 0 Å². The molecule has 1 N–H and O–H groups in total. The second kappa shape index (κ2) is 5.44. The fraction of sp³-hybridized carbons (Fsp3) is 0.455.